The number of likely N-dealkylation sites (N-methyl/N-ethyl adjacent to an activating group) is 1. The number of hydrogen-bond acceptors (Lipinski definition) is 5. The summed E-state index contributed by atoms with van der Waals surface area (Å²) < 4.78 is 0. The van der Waals surface area contributed by atoms with Crippen molar-refractivity contribution in [3.63, 3.8) is 0 Å². The third kappa shape index (κ3) is 4.35. The maximum atomic E-state index is 10.8. The van der Waals surface area contributed by atoms with Crippen LogP contribution in [0.15, 0.2) is 36.4 Å². The number of rotatable bonds is 6. The maximum absolute atomic E-state index is 10.8. The van der Waals surface area contributed by atoms with Crippen LogP contribution in [0.5, 0.6) is 0 Å². The molecule has 0 aliphatic rings. The Bertz CT molecular complexity index is 627. The molecule has 1 aromatic heterocycles. The van der Waals surface area contributed by atoms with Crippen LogP contribution in [0.25, 0.3) is 0 Å². The Kier molecular flexibility index (Phi) is 5.06. The second-order valence-electron chi connectivity index (χ2n) is 5.08. The lowest BCUT2D eigenvalue weighted by Crippen LogP contribution is -2.23. The first kappa shape index (κ1) is 15.6. The minimum atomic E-state index is -0.740. The number of nitro benzene ring substituents is 1. The zero-order valence-electron chi connectivity index (χ0n) is 12.0. The molecule has 5 nitrogen and oxygen atoms in total. The van der Waals surface area contributed by atoms with Gasteiger partial charge in [0.05, 0.1) is 11.0 Å². The van der Waals surface area contributed by atoms with Gasteiger partial charge in [0.15, 0.2) is 0 Å². The third-order valence-corrected chi connectivity index (χ3v) is 4.16. The lowest BCUT2D eigenvalue weighted by atomic mass is 10.1. The molecule has 0 saturated carbocycles. The van der Waals surface area contributed by atoms with Crippen molar-refractivity contribution in [1.82, 2.24) is 4.90 Å². The first-order valence-electron chi connectivity index (χ1n) is 6.62. The van der Waals surface area contributed by atoms with Gasteiger partial charge in [-0.15, -0.1) is 11.3 Å². The van der Waals surface area contributed by atoms with E-state index in [1.807, 2.05) is 11.9 Å². The van der Waals surface area contributed by atoms with E-state index in [0.29, 0.717) is 12.1 Å². The Morgan fingerprint density at radius 2 is 2.14 bits per heavy atom. The number of aliphatic hydroxyl groups excluding tert-OH is 1. The van der Waals surface area contributed by atoms with Crippen molar-refractivity contribution >= 4 is 17.0 Å². The molecule has 2 rings (SSSR count). The number of aliphatic hydroxyl groups is 1. The fraction of sp³-hybridized carbons (Fsp3) is 0.333. The molecule has 1 N–H and O–H groups in total. The lowest BCUT2D eigenvalue weighted by Gasteiger charge is -2.20. The van der Waals surface area contributed by atoms with Crippen molar-refractivity contribution in [1.29, 1.82) is 0 Å². The summed E-state index contributed by atoms with van der Waals surface area (Å²) >= 11 is 1.73. The molecule has 0 saturated heterocycles. The van der Waals surface area contributed by atoms with Gasteiger partial charge in [-0.3, -0.25) is 15.0 Å². The average molecular weight is 306 g/mol. The SMILES string of the molecule is Cc1ccc(CN(C)CC(O)c2cccc([N+](=O)[O-])c2)s1. The molecule has 21 heavy (non-hydrogen) atoms. The van der Waals surface area contributed by atoms with E-state index in [0.717, 1.165) is 6.54 Å². The van der Waals surface area contributed by atoms with E-state index >= 15 is 0 Å². The second-order valence-corrected chi connectivity index (χ2v) is 6.45. The third-order valence-electron chi connectivity index (χ3n) is 3.17. The van der Waals surface area contributed by atoms with Gasteiger partial charge < -0.3 is 5.11 Å². The molecule has 0 amide bonds. The Balaban J connectivity index is 1.98. The number of aryl methyl sites for hydroxylation is 1. The quantitative estimate of drug-likeness (QED) is 0.657. The van der Waals surface area contributed by atoms with Crippen LogP contribution in [0.2, 0.25) is 0 Å². The zero-order chi connectivity index (χ0) is 15.4. The van der Waals surface area contributed by atoms with Crippen LogP contribution in [0.4, 0.5) is 5.69 Å². The predicted octanol–water partition coefficient (Wildman–Crippen LogP) is 3.13. The van der Waals surface area contributed by atoms with E-state index in [1.165, 1.54) is 21.9 Å². The van der Waals surface area contributed by atoms with Crippen molar-refractivity contribution < 1.29 is 10.0 Å². The summed E-state index contributed by atoms with van der Waals surface area (Å²) in [5, 5.41) is 21.0. The van der Waals surface area contributed by atoms with Crippen molar-refractivity contribution in [2.24, 2.45) is 0 Å². The monoisotopic (exact) mass is 306 g/mol. The van der Waals surface area contributed by atoms with E-state index in [4.69, 9.17) is 0 Å². The number of hydrogen-bond donors (Lipinski definition) is 1. The van der Waals surface area contributed by atoms with Gasteiger partial charge >= 0.3 is 0 Å². The molecule has 1 aromatic carbocycles. The number of non-ortho nitro benzene ring substituents is 1. The van der Waals surface area contributed by atoms with Crippen molar-refractivity contribution in [2.75, 3.05) is 13.6 Å². The Hall–Kier alpha value is -1.76. The molecule has 0 aliphatic heterocycles. The highest BCUT2D eigenvalue weighted by atomic mass is 32.1. The van der Waals surface area contributed by atoms with Gasteiger partial charge in [-0.25, -0.2) is 0 Å². The molecule has 0 bridgehead atoms. The topological polar surface area (TPSA) is 66.6 Å². The largest absolute Gasteiger partial charge is 0.387 e. The van der Waals surface area contributed by atoms with E-state index < -0.39 is 11.0 Å². The molecular weight excluding hydrogens is 288 g/mol. The van der Waals surface area contributed by atoms with Crippen LogP contribution in [-0.2, 0) is 6.54 Å². The van der Waals surface area contributed by atoms with Crippen LogP contribution >= 0.6 is 11.3 Å². The highest BCUT2D eigenvalue weighted by Gasteiger charge is 2.14. The highest BCUT2D eigenvalue weighted by molar-refractivity contribution is 7.11. The number of nitrogens with zero attached hydrogens (tertiary/aromatic N) is 2. The number of nitro groups is 1. The van der Waals surface area contributed by atoms with Crippen LogP contribution in [0, 0.1) is 17.0 Å². The van der Waals surface area contributed by atoms with E-state index in [9.17, 15) is 15.2 Å². The smallest absolute Gasteiger partial charge is 0.269 e. The van der Waals surface area contributed by atoms with Gasteiger partial charge in [-0.2, -0.15) is 0 Å². The molecular formula is C15H18N2O3S. The molecule has 0 aliphatic carbocycles. The molecule has 0 fully saturated rings. The summed E-state index contributed by atoms with van der Waals surface area (Å²) in [6.07, 6.45) is -0.740. The predicted molar refractivity (Wildman–Crippen MR) is 83.4 cm³/mol. The molecule has 112 valence electrons. The highest BCUT2D eigenvalue weighted by Crippen LogP contribution is 2.21. The van der Waals surface area contributed by atoms with Crippen molar-refractivity contribution in [3.8, 4) is 0 Å². The number of benzene rings is 1. The minimum absolute atomic E-state index is 0.00286. The summed E-state index contributed by atoms with van der Waals surface area (Å²) in [4.78, 5) is 14.8. The van der Waals surface area contributed by atoms with Crippen LogP contribution < -0.4 is 0 Å². The van der Waals surface area contributed by atoms with Crippen molar-refractivity contribution in [2.45, 2.75) is 19.6 Å². The summed E-state index contributed by atoms with van der Waals surface area (Å²) in [6.45, 7) is 3.24. The summed E-state index contributed by atoms with van der Waals surface area (Å²) in [6, 6.07) is 10.3. The first-order valence-corrected chi connectivity index (χ1v) is 7.43. The van der Waals surface area contributed by atoms with Crippen LogP contribution in [-0.4, -0.2) is 28.5 Å². The average Bonchev–Trinajstić information content (AvgIpc) is 2.83. The van der Waals surface area contributed by atoms with Gasteiger partial charge in [-0.05, 0) is 31.7 Å². The molecule has 0 radical (unpaired) electrons. The fourth-order valence-electron chi connectivity index (χ4n) is 2.15. The van der Waals surface area contributed by atoms with Gasteiger partial charge in [0, 0.05) is 35.0 Å². The van der Waals surface area contributed by atoms with Crippen molar-refractivity contribution in [3.05, 3.63) is 61.8 Å². The summed E-state index contributed by atoms with van der Waals surface area (Å²) in [5.74, 6) is 0. The van der Waals surface area contributed by atoms with Gasteiger partial charge in [0.25, 0.3) is 5.69 Å². The molecule has 0 spiro atoms. The molecule has 1 unspecified atom stereocenters. The normalized spacial score (nSPS) is 12.6. The molecule has 1 heterocycles. The van der Waals surface area contributed by atoms with Gasteiger partial charge in [0.1, 0.15) is 0 Å². The van der Waals surface area contributed by atoms with E-state index in [2.05, 4.69) is 19.1 Å². The van der Waals surface area contributed by atoms with Crippen LogP contribution in [0.1, 0.15) is 21.4 Å². The zero-order valence-corrected chi connectivity index (χ0v) is 12.8. The van der Waals surface area contributed by atoms with E-state index in [-0.39, 0.29) is 5.69 Å². The first-order chi connectivity index (χ1) is 9.95. The van der Waals surface area contributed by atoms with Gasteiger partial charge in [-0.1, -0.05) is 12.1 Å². The second kappa shape index (κ2) is 6.80. The van der Waals surface area contributed by atoms with Crippen LogP contribution in [0.3, 0.4) is 0 Å². The van der Waals surface area contributed by atoms with Gasteiger partial charge in [0.2, 0.25) is 0 Å². The summed E-state index contributed by atoms with van der Waals surface area (Å²) in [7, 11) is 1.93. The molecule has 1 atom stereocenters. The van der Waals surface area contributed by atoms with E-state index in [1.54, 1.807) is 23.5 Å². The molecule has 2 aromatic rings. The Morgan fingerprint density at radius 1 is 1.38 bits per heavy atom. The lowest BCUT2D eigenvalue weighted by molar-refractivity contribution is -0.385. The minimum Gasteiger partial charge on any atom is -0.387 e. The summed E-state index contributed by atoms with van der Waals surface area (Å²) in [5.41, 5.74) is 0.571. The molecule has 6 heteroatoms. The maximum Gasteiger partial charge on any atom is 0.269 e. The standard InChI is InChI=1S/C15H18N2O3S/c1-11-6-7-14(21-11)9-16(2)10-15(18)12-4-3-5-13(8-12)17(19)20/h3-8,15,18H,9-10H2,1-2H3. The Labute approximate surface area is 127 Å². The number of thiophene rings is 1. The fourth-order valence-corrected chi connectivity index (χ4v) is 3.12. The Morgan fingerprint density at radius 3 is 2.76 bits per heavy atom.